The number of ether oxygens (including phenoxy) is 2. The van der Waals surface area contributed by atoms with Crippen molar-refractivity contribution in [1.82, 2.24) is 15.1 Å². The van der Waals surface area contributed by atoms with Gasteiger partial charge in [-0.3, -0.25) is 33.8 Å². The van der Waals surface area contributed by atoms with Crippen LogP contribution in [0.15, 0.2) is 45.0 Å². The maximum absolute atomic E-state index is 13.8. The van der Waals surface area contributed by atoms with Gasteiger partial charge in [-0.25, -0.2) is 0 Å². The second kappa shape index (κ2) is 10.2. The van der Waals surface area contributed by atoms with E-state index < -0.39 is 53.7 Å². The van der Waals surface area contributed by atoms with Crippen molar-refractivity contribution in [2.24, 2.45) is 5.73 Å². The van der Waals surface area contributed by atoms with Crippen molar-refractivity contribution < 1.29 is 33.4 Å². The fraction of sp³-hybridized carbons (Fsp3) is 0.517. The first kappa shape index (κ1) is 28.6. The lowest BCUT2D eigenvalue weighted by Gasteiger charge is -2.60. The molecule has 41 heavy (non-hydrogen) atoms. The highest BCUT2D eigenvalue weighted by molar-refractivity contribution is 6.26. The molecule has 216 valence electrons. The smallest absolute Gasteiger partial charge is 0.236 e. The number of Topliss-reactive ketones (excluding diaryl/α,β-unsaturated/α-hetero) is 4. The minimum atomic E-state index is -0.889. The number of rotatable bonds is 5. The van der Waals surface area contributed by atoms with Gasteiger partial charge in [0.05, 0.1) is 38.4 Å². The van der Waals surface area contributed by atoms with E-state index in [0.717, 1.165) is 0 Å². The van der Waals surface area contributed by atoms with Gasteiger partial charge in [0.1, 0.15) is 6.04 Å². The molecule has 5 rings (SSSR count). The number of nitrogens with two attached hydrogens (primary N) is 1. The zero-order valence-corrected chi connectivity index (χ0v) is 23.9. The van der Waals surface area contributed by atoms with Gasteiger partial charge in [-0.05, 0) is 40.7 Å². The summed E-state index contributed by atoms with van der Waals surface area (Å²) in [6.45, 7) is 4.49. The summed E-state index contributed by atoms with van der Waals surface area (Å²) in [5.41, 5.74) is 7.20. The number of ketones is 4. The van der Waals surface area contributed by atoms with Gasteiger partial charge in [0, 0.05) is 52.1 Å². The normalized spacial score (nSPS) is 31.0. The summed E-state index contributed by atoms with van der Waals surface area (Å²) in [5.74, 6) is -2.14. The van der Waals surface area contributed by atoms with Gasteiger partial charge in [0.25, 0.3) is 0 Å². The molecule has 0 aromatic heterocycles. The molecule has 0 aromatic carbocycles. The predicted octanol–water partition coefficient (Wildman–Crippen LogP) is -0.391. The lowest BCUT2D eigenvalue weighted by atomic mass is 9.67. The van der Waals surface area contributed by atoms with Crippen LogP contribution in [-0.2, 0) is 33.4 Å². The first-order valence-corrected chi connectivity index (χ1v) is 13.5. The molecule has 12 nitrogen and oxygen atoms in total. The molecule has 0 radical (unpaired) electrons. The summed E-state index contributed by atoms with van der Waals surface area (Å²) in [6, 6.07) is -2.02. The molecule has 3 heterocycles. The van der Waals surface area contributed by atoms with Crippen molar-refractivity contribution >= 4 is 29.0 Å². The second-order valence-corrected chi connectivity index (χ2v) is 11.1. The Balaban J connectivity index is 1.71. The molecule has 1 amide bonds. The lowest BCUT2D eigenvalue weighted by Crippen LogP contribution is -2.74. The van der Waals surface area contributed by atoms with E-state index in [1.807, 2.05) is 9.80 Å². The Morgan fingerprint density at radius 3 is 2.00 bits per heavy atom. The number of nitrogens with one attached hydrogen (secondary N) is 1. The number of hydrogen-bond donors (Lipinski definition) is 2. The number of carbonyl (C=O) groups excluding carboxylic acids is 5. The van der Waals surface area contributed by atoms with Crippen LogP contribution in [0.2, 0.25) is 0 Å². The maximum atomic E-state index is 13.8. The largest absolute Gasteiger partial charge is 0.492 e. The van der Waals surface area contributed by atoms with Crippen molar-refractivity contribution in [1.29, 1.82) is 5.26 Å². The standard InChI is InChI=1S/C29H33N5O7/c1-11-23(35)14-8-17-22-21-15(24(36)12(2)28(41-6)26(21)38)7-16(33(22)4)18(9-30)34(17)19(10-32-29(39)13(3)31)20(14)25(37)27(11)40-5/h13,16-19,22H,7-8,10,31H2,1-6H3,(H,32,39)/t13-,16-,17-,18-,19-,22-/m0/s1. The number of hydrogen-bond acceptors (Lipinski definition) is 11. The van der Waals surface area contributed by atoms with Crippen LogP contribution in [0, 0.1) is 11.3 Å². The quantitative estimate of drug-likeness (QED) is 0.417. The number of nitrogens with zero attached hydrogens (tertiary/aromatic N) is 3. The van der Waals surface area contributed by atoms with Crippen molar-refractivity contribution in [3.63, 3.8) is 0 Å². The molecule has 3 N–H and O–H groups in total. The highest BCUT2D eigenvalue weighted by Crippen LogP contribution is 2.48. The first-order valence-electron chi connectivity index (χ1n) is 13.5. The lowest BCUT2D eigenvalue weighted by molar-refractivity contribution is -0.126. The number of fused-ring (bicyclic) bond motifs is 5. The highest BCUT2D eigenvalue weighted by Gasteiger charge is 2.59. The van der Waals surface area contributed by atoms with Crippen molar-refractivity contribution in [3.8, 4) is 6.07 Å². The van der Waals surface area contributed by atoms with Crippen LogP contribution in [0.5, 0.6) is 0 Å². The van der Waals surface area contributed by atoms with E-state index in [1.165, 1.54) is 28.1 Å². The Labute approximate surface area is 237 Å². The number of piperazine rings is 1. The first-order chi connectivity index (χ1) is 19.4. The van der Waals surface area contributed by atoms with Crippen molar-refractivity contribution in [2.75, 3.05) is 27.8 Å². The third-order valence-corrected chi connectivity index (χ3v) is 9.10. The number of carbonyl (C=O) groups is 5. The topological polar surface area (TPSA) is 172 Å². The maximum Gasteiger partial charge on any atom is 0.236 e. The second-order valence-electron chi connectivity index (χ2n) is 11.1. The van der Waals surface area contributed by atoms with E-state index >= 15 is 0 Å². The van der Waals surface area contributed by atoms with E-state index in [2.05, 4.69) is 11.4 Å². The van der Waals surface area contributed by atoms with Crippen LogP contribution in [0.3, 0.4) is 0 Å². The summed E-state index contributed by atoms with van der Waals surface area (Å²) in [6.07, 6.45) is 0.192. The van der Waals surface area contributed by atoms with Gasteiger partial charge in [0.2, 0.25) is 17.5 Å². The molecule has 2 aliphatic carbocycles. The fourth-order valence-corrected chi connectivity index (χ4v) is 7.17. The molecular formula is C29H33N5O7. The molecule has 0 unspecified atom stereocenters. The average molecular weight is 564 g/mol. The molecule has 5 aliphatic rings. The molecular weight excluding hydrogens is 530 g/mol. The predicted molar refractivity (Wildman–Crippen MR) is 144 cm³/mol. The Morgan fingerprint density at radius 2 is 1.49 bits per heavy atom. The summed E-state index contributed by atoms with van der Waals surface area (Å²) >= 11 is 0. The van der Waals surface area contributed by atoms with Crippen molar-refractivity contribution in [2.45, 2.75) is 69.9 Å². The molecule has 1 saturated heterocycles. The molecule has 2 bridgehead atoms. The Kier molecular flexibility index (Phi) is 7.09. The average Bonchev–Trinajstić information content (AvgIpc) is 2.93. The molecule has 12 heteroatoms. The van der Waals surface area contributed by atoms with Crippen LogP contribution in [-0.4, -0.2) is 103 Å². The summed E-state index contributed by atoms with van der Waals surface area (Å²) in [5, 5.41) is 13.3. The fourth-order valence-electron chi connectivity index (χ4n) is 7.17. The van der Waals surface area contributed by atoms with Crippen LogP contribution >= 0.6 is 0 Å². The van der Waals surface area contributed by atoms with Gasteiger partial charge in [-0.1, -0.05) is 0 Å². The van der Waals surface area contributed by atoms with Gasteiger partial charge < -0.3 is 20.5 Å². The molecule has 0 spiro atoms. The van der Waals surface area contributed by atoms with Gasteiger partial charge >= 0.3 is 0 Å². The van der Waals surface area contributed by atoms with Crippen molar-refractivity contribution in [3.05, 3.63) is 45.0 Å². The number of likely N-dealkylation sites (N-methyl/N-ethyl adjacent to an activating group) is 1. The summed E-state index contributed by atoms with van der Waals surface area (Å²) in [7, 11) is 4.46. The molecule has 3 aliphatic heterocycles. The number of allylic oxidation sites excluding steroid dienone is 4. The van der Waals surface area contributed by atoms with Gasteiger partial charge in [-0.15, -0.1) is 0 Å². The van der Waals surface area contributed by atoms with Gasteiger partial charge in [0.15, 0.2) is 23.1 Å². The Bertz CT molecular complexity index is 1480. The summed E-state index contributed by atoms with van der Waals surface area (Å²) < 4.78 is 10.7. The number of nitriles is 1. The Hall–Kier alpha value is -3.92. The minimum Gasteiger partial charge on any atom is -0.492 e. The minimum absolute atomic E-state index is 0.0292. The van der Waals surface area contributed by atoms with Crippen LogP contribution in [0.1, 0.15) is 33.6 Å². The van der Waals surface area contributed by atoms with Crippen LogP contribution in [0.4, 0.5) is 0 Å². The SMILES string of the molecule is COC1=C(C)C(=O)C2=C(C1=O)[C@@H]1[C@@H]3CC4=C(C(=O)C(OC)=C(C)C4=O)[C@H](CNC(=O)[C@H](C)N)N3[C@@H](C#N)[C@H](C2)N1C. The van der Waals surface area contributed by atoms with Crippen LogP contribution in [0.25, 0.3) is 0 Å². The summed E-state index contributed by atoms with van der Waals surface area (Å²) in [4.78, 5) is 71.0. The zero-order chi connectivity index (χ0) is 30.1. The zero-order valence-electron chi connectivity index (χ0n) is 23.9. The highest BCUT2D eigenvalue weighted by atomic mass is 16.5. The van der Waals surface area contributed by atoms with E-state index in [1.54, 1.807) is 14.0 Å². The molecule has 0 aromatic rings. The van der Waals surface area contributed by atoms with Crippen LogP contribution < -0.4 is 11.1 Å². The van der Waals surface area contributed by atoms with E-state index in [9.17, 15) is 29.2 Å². The van der Waals surface area contributed by atoms with E-state index in [4.69, 9.17) is 15.2 Å². The van der Waals surface area contributed by atoms with E-state index in [-0.39, 0.29) is 70.3 Å². The monoisotopic (exact) mass is 563 g/mol. The third kappa shape index (κ3) is 3.94. The molecule has 0 saturated carbocycles. The Morgan fingerprint density at radius 1 is 0.976 bits per heavy atom. The third-order valence-electron chi connectivity index (χ3n) is 9.10. The number of methoxy groups -OCH3 is 2. The van der Waals surface area contributed by atoms with Gasteiger partial charge in [-0.2, -0.15) is 5.26 Å². The molecule has 6 atom stereocenters. The molecule has 1 fully saturated rings. The number of amides is 1. The van der Waals surface area contributed by atoms with E-state index in [0.29, 0.717) is 5.57 Å².